The van der Waals surface area contributed by atoms with E-state index in [0.717, 1.165) is 21.8 Å². The zero-order valence-corrected chi connectivity index (χ0v) is 12.7. The summed E-state index contributed by atoms with van der Waals surface area (Å²) in [5, 5.41) is 5.35. The minimum absolute atomic E-state index is 0.182. The highest BCUT2D eigenvalue weighted by molar-refractivity contribution is 7.09. The number of hydrogen-bond acceptors (Lipinski definition) is 4. The van der Waals surface area contributed by atoms with Crippen LogP contribution in [0.25, 0.3) is 0 Å². The van der Waals surface area contributed by atoms with Gasteiger partial charge >= 0.3 is 0 Å². The molecule has 1 saturated heterocycles. The number of aryl methyl sites for hydroxylation is 2. The first kappa shape index (κ1) is 13.9. The number of nitrogens with one attached hydrogen (secondary N) is 1. The predicted octanol–water partition coefficient (Wildman–Crippen LogP) is 2.67. The van der Waals surface area contributed by atoms with E-state index in [1.165, 1.54) is 0 Å². The fraction of sp³-hybridized carbons (Fsp3) is 0.312. The molecule has 0 radical (unpaired) electrons. The maximum absolute atomic E-state index is 12.3. The van der Waals surface area contributed by atoms with Gasteiger partial charge in [0.15, 0.2) is 0 Å². The second-order valence-electron chi connectivity index (χ2n) is 5.40. The molecule has 1 aromatic carbocycles. The molecule has 0 saturated carbocycles. The molecule has 2 unspecified atom stereocenters. The Labute approximate surface area is 127 Å². The molecule has 0 spiro atoms. The van der Waals surface area contributed by atoms with E-state index in [1.807, 2.05) is 43.5 Å². The molecule has 4 nitrogen and oxygen atoms in total. The van der Waals surface area contributed by atoms with Gasteiger partial charge in [-0.15, -0.1) is 11.3 Å². The van der Waals surface area contributed by atoms with Crippen molar-refractivity contribution >= 4 is 23.2 Å². The number of carbonyl (C=O) groups excluding carboxylic acids is 2. The number of thiazole rings is 1. The summed E-state index contributed by atoms with van der Waals surface area (Å²) >= 11 is 1.55. The molecule has 3 rings (SSSR count). The lowest BCUT2D eigenvalue weighted by molar-refractivity contribution is -0.135. The Morgan fingerprint density at radius 3 is 2.52 bits per heavy atom. The lowest BCUT2D eigenvalue weighted by Crippen LogP contribution is -2.43. The number of nitrogens with zero attached hydrogens (tertiary/aromatic N) is 1. The molecular formula is C16H16N2O2S. The monoisotopic (exact) mass is 300 g/mol. The van der Waals surface area contributed by atoms with Gasteiger partial charge in [-0.25, -0.2) is 4.98 Å². The number of imide groups is 1. The van der Waals surface area contributed by atoms with E-state index in [0.29, 0.717) is 6.42 Å². The third kappa shape index (κ3) is 2.74. The Morgan fingerprint density at radius 1 is 1.19 bits per heavy atom. The van der Waals surface area contributed by atoms with Crippen LogP contribution in [0.2, 0.25) is 0 Å². The molecule has 0 bridgehead atoms. The van der Waals surface area contributed by atoms with Gasteiger partial charge in [0.25, 0.3) is 0 Å². The predicted molar refractivity (Wildman–Crippen MR) is 81.3 cm³/mol. The molecule has 5 heteroatoms. The summed E-state index contributed by atoms with van der Waals surface area (Å²) in [6, 6.07) is 7.90. The minimum Gasteiger partial charge on any atom is -0.296 e. The molecule has 1 aliphatic heterocycles. The lowest BCUT2D eigenvalue weighted by Gasteiger charge is -2.29. The highest BCUT2D eigenvalue weighted by Crippen LogP contribution is 2.38. The fourth-order valence-corrected chi connectivity index (χ4v) is 3.43. The van der Waals surface area contributed by atoms with Crippen molar-refractivity contribution in [2.45, 2.75) is 32.1 Å². The van der Waals surface area contributed by atoms with Crippen molar-refractivity contribution in [3.05, 3.63) is 51.5 Å². The lowest BCUT2D eigenvalue weighted by atomic mass is 9.79. The smallest absolute Gasteiger partial charge is 0.234 e. The van der Waals surface area contributed by atoms with E-state index in [-0.39, 0.29) is 23.7 Å². The van der Waals surface area contributed by atoms with E-state index in [4.69, 9.17) is 0 Å². The Kier molecular flexibility index (Phi) is 3.59. The normalized spacial score (nSPS) is 22.2. The van der Waals surface area contributed by atoms with Crippen LogP contribution in [0, 0.1) is 13.8 Å². The van der Waals surface area contributed by atoms with Crippen LogP contribution in [0.15, 0.2) is 29.6 Å². The zero-order chi connectivity index (χ0) is 15.0. The molecule has 2 amide bonds. The van der Waals surface area contributed by atoms with Crippen molar-refractivity contribution in [3.63, 3.8) is 0 Å². The van der Waals surface area contributed by atoms with Gasteiger partial charge in [-0.2, -0.15) is 0 Å². The zero-order valence-electron chi connectivity index (χ0n) is 11.9. The Balaban J connectivity index is 2.02. The average Bonchev–Trinajstić information content (AvgIpc) is 2.86. The van der Waals surface area contributed by atoms with Gasteiger partial charge in [-0.1, -0.05) is 29.8 Å². The van der Waals surface area contributed by atoms with Crippen LogP contribution in [-0.4, -0.2) is 16.8 Å². The van der Waals surface area contributed by atoms with E-state index >= 15 is 0 Å². The minimum atomic E-state index is -0.357. The van der Waals surface area contributed by atoms with Crippen molar-refractivity contribution < 1.29 is 9.59 Å². The molecule has 1 aromatic heterocycles. The second kappa shape index (κ2) is 5.41. The van der Waals surface area contributed by atoms with Crippen LogP contribution < -0.4 is 5.32 Å². The van der Waals surface area contributed by atoms with E-state index in [9.17, 15) is 9.59 Å². The molecule has 2 heterocycles. The second-order valence-corrected chi connectivity index (χ2v) is 6.47. The highest BCUT2D eigenvalue weighted by Gasteiger charge is 2.38. The third-order valence-corrected chi connectivity index (χ3v) is 4.60. The van der Waals surface area contributed by atoms with Crippen LogP contribution in [-0.2, 0) is 9.59 Å². The SMILES string of the molecule is Cc1ccc(C2C(=O)NC(=O)CC2c2csc(C)n2)cc1. The van der Waals surface area contributed by atoms with Gasteiger partial charge in [-0.3, -0.25) is 14.9 Å². The van der Waals surface area contributed by atoms with Crippen LogP contribution in [0.3, 0.4) is 0 Å². The van der Waals surface area contributed by atoms with Crippen LogP contribution >= 0.6 is 11.3 Å². The van der Waals surface area contributed by atoms with Crippen molar-refractivity contribution in [3.8, 4) is 0 Å². The molecule has 0 aliphatic carbocycles. The number of hydrogen-bond donors (Lipinski definition) is 1. The quantitative estimate of drug-likeness (QED) is 0.867. The summed E-state index contributed by atoms with van der Waals surface area (Å²) in [7, 11) is 0. The van der Waals surface area contributed by atoms with Gasteiger partial charge in [0, 0.05) is 17.7 Å². The van der Waals surface area contributed by atoms with Crippen LogP contribution in [0.4, 0.5) is 0 Å². The summed E-state index contributed by atoms with van der Waals surface area (Å²) in [6.07, 6.45) is 0.299. The molecule has 1 N–H and O–H groups in total. The van der Waals surface area contributed by atoms with E-state index in [2.05, 4.69) is 10.3 Å². The summed E-state index contributed by atoms with van der Waals surface area (Å²) < 4.78 is 0. The summed E-state index contributed by atoms with van der Waals surface area (Å²) in [5.41, 5.74) is 2.92. The average molecular weight is 300 g/mol. The van der Waals surface area contributed by atoms with Gasteiger partial charge in [0.05, 0.1) is 16.6 Å². The molecule has 1 aliphatic rings. The Hall–Kier alpha value is -2.01. The number of benzene rings is 1. The number of aromatic nitrogens is 1. The topological polar surface area (TPSA) is 59.1 Å². The van der Waals surface area contributed by atoms with Crippen LogP contribution in [0.5, 0.6) is 0 Å². The maximum atomic E-state index is 12.3. The van der Waals surface area contributed by atoms with Gasteiger partial charge in [-0.05, 0) is 19.4 Å². The first-order valence-corrected chi connectivity index (χ1v) is 7.75. The summed E-state index contributed by atoms with van der Waals surface area (Å²) in [4.78, 5) is 28.5. The van der Waals surface area contributed by atoms with Crippen molar-refractivity contribution in [1.29, 1.82) is 0 Å². The van der Waals surface area contributed by atoms with Crippen molar-refractivity contribution in [2.24, 2.45) is 0 Å². The van der Waals surface area contributed by atoms with Gasteiger partial charge in [0.2, 0.25) is 11.8 Å². The summed E-state index contributed by atoms with van der Waals surface area (Å²) in [5.74, 6) is -0.992. The van der Waals surface area contributed by atoms with Gasteiger partial charge in [0.1, 0.15) is 0 Å². The van der Waals surface area contributed by atoms with E-state index < -0.39 is 0 Å². The number of rotatable bonds is 2. The molecule has 108 valence electrons. The number of carbonyl (C=O) groups is 2. The summed E-state index contributed by atoms with van der Waals surface area (Å²) in [6.45, 7) is 3.94. The molecule has 1 fully saturated rings. The van der Waals surface area contributed by atoms with E-state index in [1.54, 1.807) is 11.3 Å². The standard InChI is InChI=1S/C16H16N2O2S/c1-9-3-5-11(6-4-9)15-12(7-14(19)18-16(15)20)13-8-21-10(2)17-13/h3-6,8,12,15H,7H2,1-2H3,(H,18,19,20). The van der Waals surface area contributed by atoms with Crippen LogP contribution in [0.1, 0.15) is 40.1 Å². The number of piperidine rings is 1. The number of amides is 2. The largest absolute Gasteiger partial charge is 0.296 e. The van der Waals surface area contributed by atoms with Crippen molar-refractivity contribution in [1.82, 2.24) is 10.3 Å². The van der Waals surface area contributed by atoms with Crippen molar-refractivity contribution in [2.75, 3.05) is 0 Å². The highest BCUT2D eigenvalue weighted by atomic mass is 32.1. The first-order valence-electron chi connectivity index (χ1n) is 6.87. The first-order chi connectivity index (χ1) is 10.0. The fourth-order valence-electron chi connectivity index (χ4n) is 2.75. The molecule has 2 aromatic rings. The molecule has 21 heavy (non-hydrogen) atoms. The maximum Gasteiger partial charge on any atom is 0.234 e. The van der Waals surface area contributed by atoms with Gasteiger partial charge < -0.3 is 0 Å². The Bertz CT molecular complexity index is 691. The third-order valence-electron chi connectivity index (χ3n) is 3.81. The molecule has 2 atom stereocenters. The molecular weight excluding hydrogens is 284 g/mol. The Morgan fingerprint density at radius 2 is 1.90 bits per heavy atom.